The number of aromatic hydroxyl groups is 1. The molecule has 5 nitrogen and oxygen atoms in total. The minimum absolute atomic E-state index is 0.0369. The molecule has 0 fully saturated rings. The predicted molar refractivity (Wildman–Crippen MR) is 129 cm³/mol. The molecule has 0 atom stereocenters. The van der Waals surface area contributed by atoms with E-state index in [-0.39, 0.29) is 11.7 Å². The maximum Gasteiger partial charge on any atom is 0.220 e. The highest BCUT2D eigenvalue weighted by Crippen LogP contribution is 2.31. The molecule has 0 bridgehead atoms. The van der Waals surface area contributed by atoms with Gasteiger partial charge in [0.1, 0.15) is 17.2 Å². The van der Waals surface area contributed by atoms with E-state index in [2.05, 4.69) is 24.4 Å². The number of phenols is 1. The fourth-order valence-electron chi connectivity index (χ4n) is 2.83. The number of hydrogen-bond donors (Lipinski definition) is 2. The zero-order valence-electron chi connectivity index (χ0n) is 20.4. The van der Waals surface area contributed by atoms with Gasteiger partial charge in [0.2, 0.25) is 5.91 Å². The number of aryl methyl sites for hydroxylation is 3. The third-order valence-corrected chi connectivity index (χ3v) is 4.13. The number of hydrogen-bond acceptors (Lipinski definition) is 4. The molecule has 0 aliphatic heterocycles. The number of benzene rings is 2. The summed E-state index contributed by atoms with van der Waals surface area (Å²) in [6.45, 7) is 15.9. The molecule has 0 aliphatic rings. The van der Waals surface area contributed by atoms with Crippen LogP contribution in [0.15, 0.2) is 36.4 Å². The van der Waals surface area contributed by atoms with Gasteiger partial charge in [0.05, 0.1) is 6.61 Å². The van der Waals surface area contributed by atoms with Gasteiger partial charge in [-0.15, -0.1) is 0 Å². The molecule has 0 saturated carbocycles. The van der Waals surface area contributed by atoms with Crippen molar-refractivity contribution in [1.29, 1.82) is 0 Å². The number of carbonyl (C=O) groups excluding carboxylic acids is 1. The first kappa shape index (κ1) is 28.5. The lowest BCUT2D eigenvalue weighted by Gasteiger charge is -2.14. The zero-order chi connectivity index (χ0) is 23.6. The van der Waals surface area contributed by atoms with Crippen molar-refractivity contribution in [2.45, 2.75) is 67.7 Å². The molecule has 0 radical (unpaired) electrons. The Kier molecular flexibility index (Phi) is 15.8. The Balaban J connectivity index is 0.00000212. The summed E-state index contributed by atoms with van der Waals surface area (Å²) in [5.41, 5.74) is 3.15. The number of amides is 1. The van der Waals surface area contributed by atoms with E-state index >= 15 is 0 Å². The van der Waals surface area contributed by atoms with Crippen molar-refractivity contribution >= 4 is 5.91 Å². The molecule has 0 aliphatic carbocycles. The first-order chi connectivity index (χ1) is 15.0. The second-order valence-electron chi connectivity index (χ2n) is 6.62. The van der Waals surface area contributed by atoms with Crippen LogP contribution in [-0.2, 0) is 16.0 Å². The van der Waals surface area contributed by atoms with Crippen molar-refractivity contribution in [3.8, 4) is 17.2 Å². The van der Waals surface area contributed by atoms with Gasteiger partial charge in [-0.2, -0.15) is 0 Å². The summed E-state index contributed by atoms with van der Waals surface area (Å²) in [6.07, 6.45) is 2.12. The smallest absolute Gasteiger partial charge is 0.220 e. The van der Waals surface area contributed by atoms with Crippen LogP contribution < -0.4 is 10.1 Å². The van der Waals surface area contributed by atoms with E-state index in [0.717, 1.165) is 35.5 Å². The van der Waals surface area contributed by atoms with Gasteiger partial charge >= 0.3 is 0 Å². The van der Waals surface area contributed by atoms with E-state index in [0.29, 0.717) is 31.7 Å². The highest BCUT2D eigenvalue weighted by atomic mass is 16.5. The monoisotopic (exact) mass is 431 g/mol. The predicted octanol–water partition coefficient (Wildman–Crippen LogP) is 6.33. The van der Waals surface area contributed by atoms with Gasteiger partial charge < -0.3 is 19.9 Å². The van der Waals surface area contributed by atoms with Gasteiger partial charge in [0, 0.05) is 19.6 Å². The third-order valence-electron chi connectivity index (χ3n) is 4.13. The Morgan fingerprint density at radius 2 is 1.55 bits per heavy atom. The Hall–Kier alpha value is -2.53. The number of carbonyl (C=O) groups is 1. The largest absolute Gasteiger partial charge is 0.508 e. The van der Waals surface area contributed by atoms with Gasteiger partial charge in [0.25, 0.3) is 0 Å². The lowest BCUT2D eigenvalue weighted by molar-refractivity contribution is -0.121. The summed E-state index contributed by atoms with van der Waals surface area (Å²) in [6, 6.07) is 10.8. The summed E-state index contributed by atoms with van der Waals surface area (Å²) < 4.78 is 11.3. The number of rotatable bonds is 10. The maximum atomic E-state index is 11.9. The average molecular weight is 432 g/mol. The van der Waals surface area contributed by atoms with Crippen LogP contribution in [0.2, 0.25) is 0 Å². The zero-order valence-corrected chi connectivity index (χ0v) is 20.4. The van der Waals surface area contributed by atoms with Crippen molar-refractivity contribution in [2.75, 3.05) is 19.8 Å². The van der Waals surface area contributed by atoms with Crippen LogP contribution in [0.5, 0.6) is 17.2 Å². The average Bonchev–Trinajstić information content (AvgIpc) is 2.78. The van der Waals surface area contributed by atoms with E-state index in [1.54, 1.807) is 24.3 Å². The van der Waals surface area contributed by atoms with Crippen LogP contribution in [0, 0.1) is 13.8 Å². The molecule has 0 saturated heterocycles. The van der Waals surface area contributed by atoms with Gasteiger partial charge in [-0.05, 0) is 67.6 Å². The molecule has 31 heavy (non-hydrogen) atoms. The highest BCUT2D eigenvalue weighted by Gasteiger charge is 2.09. The van der Waals surface area contributed by atoms with Crippen LogP contribution in [0.4, 0.5) is 0 Å². The second-order valence-corrected chi connectivity index (χ2v) is 6.62. The number of ether oxygens (including phenoxy) is 2. The Morgan fingerprint density at radius 1 is 0.968 bits per heavy atom. The SMILES string of the molecule is CC.CC.CCCOCCNC(=O)CCc1cc(C)c(Oc2ccc(O)cc2)c(C)c1. The second kappa shape index (κ2) is 17.2. The summed E-state index contributed by atoms with van der Waals surface area (Å²) in [5.74, 6) is 1.73. The van der Waals surface area contributed by atoms with Crippen molar-refractivity contribution in [2.24, 2.45) is 0 Å². The molecule has 2 N–H and O–H groups in total. The molecule has 5 heteroatoms. The van der Waals surface area contributed by atoms with Crippen molar-refractivity contribution in [3.05, 3.63) is 53.1 Å². The summed E-state index contributed by atoms with van der Waals surface area (Å²) in [7, 11) is 0. The first-order valence-corrected chi connectivity index (χ1v) is 11.4. The molecule has 2 rings (SSSR count). The molecular formula is C26H41NO4. The van der Waals surface area contributed by atoms with Crippen LogP contribution >= 0.6 is 0 Å². The summed E-state index contributed by atoms with van der Waals surface area (Å²) in [4.78, 5) is 11.9. The normalized spacial score (nSPS) is 9.65. The van der Waals surface area contributed by atoms with Crippen LogP contribution in [0.3, 0.4) is 0 Å². The van der Waals surface area contributed by atoms with Crippen LogP contribution in [0.25, 0.3) is 0 Å². The summed E-state index contributed by atoms with van der Waals surface area (Å²) >= 11 is 0. The molecule has 0 aromatic heterocycles. The minimum atomic E-state index is 0.0369. The fraction of sp³-hybridized carbons (Fsp3) is 0.500. The molecule has 2 aromatic carbocycles. The van der Waals surface area contributed by atoms with Crippen molar-refractivity contribution in [3.63, 3.8) is 0 Å². The Bertz CT molecular complexity index is 719. The van der Waals surface area contributed by atoms with Gasteiger partial charge in [-0.25, -0.2) is 0 Å². The van der Waals surface area contributed by atoms with Crippen LogP contribution in [0.1, 0.15) is 64.2 Å². The van der Waals surface area contributed by atoms with Gasteiger partial charge in [-0.3, -0.25) is 4.79 Å². The molecule has 0 unspecified atom stereocenters. The molecule has 0 spiro atoms. The fourth-order valence-corrected chi connectivity index (χ4v) is 2.83. The molecule has 1 amide bonds. The molecule has 0 heterocycles. The lowest BCUT2D eigenvalue weighted by Crippen LogP contribution is -2.27. The standard InChI is InChI=1S/C22H29NO4.2C2H6/c1-4-12-26-13-11-23-21(25)10-5-18-14-16(2)22(17(3)15-18)27-20-8-6-19(24)7-9-20;2*1-2/h6-9,14-15,24H,4-5,10-13H2,1-3H3,(H,23,25);2*1-2H3. The van der Waals surface area contributed by atoms with E-state index in [4.69, 9.17) is 9.47 Å². The maximum absolute atomic E-state index is 11.9. The van der Waals surface area contributed by atoms with Crippen LogP contribution in [-0.4, -0.2) is 30.8 Å². The molecular weight excluding hydrogens is 390 g/mol. The van der Waals surface area contributed by atoms with E-state index in [1.165, 1.54) is 0 Å². The quantitative estimate of drug-likeness (QED) is 0.431. The van der Waals surface area contributed by atoms with Crippen molar-refractivity contribution in [1.82, 2.24) is 5.32 Å². The Labute approximate surface area is 188 Å². The highest BCUT2D eigenvalue weighted by molar-refractivity contribution is 5.76. The third kappa shape index (κ3) is 11.4. The number of nitrogens with one attached hydrogen (secondary N) is 1. The van der Waals surface area contributed by atoms with Crippen molar-refractivity contribution < 1.29 is 19.4 Å². The minimum Gasteiger partial charge on any atom is -0.508 e. The van der Waals surface area contributed by atoms with E-state index in [9.17, 15) is 9.90 Å². The molecule has 174 valence electrons. The molecule has 2 aromatic rings. The lowest BCUT2D eigenvalue weighted by atomic mass is 10.0. The topological polar surface area (TPSA) is 67.8 Å². The Morgan fingerprint density at radius 3 is 2.10 bits per heavy atom. The summed E-state index contributed by atoms with van der Waals surface area (Å²) in [5, 5.41) is 12.2. The van der Waals surface area contributed by atoms with E-state index < -0.39 is 0 Å². The first-order valence-electron chi connectivity index (χ1n) is 11.4. The number of phenolic OH excluding ortho intramolecular Hbond substituents is 1. The van der Waals surface area contributed by atoms with Gasteiger partial charge in [0.15, 0.2) is 0 Å². The van der Waals surface area contributed by atoms with Gasteiger partial charge in [-0.1, -0.05) is 46.8 Å². The van der Waals surface area contributed by atoms with E-state index in [1.807, 2.05) is 41.5 Å².